The number of nitrogens with one attached hydrogen (secondary N) is 1. The molecule has 0 saturated heterocycles. The number of anilines is 1. The Kier molecular flexibility index (Phi) is 3.42. The topological polar surface area (TPSA) is 24.9 Å². The Balaban J connectivity index is 1.95. The number of nitrogens with zero attached hydrogens (tertiary/aromatic N) is 1. The molecule has 1 aliphatic carbocycles. The molecule has 82 valence electrons. The highest BCUT2D eigenvalue weighted by Crippen LogP contribution is 2.42. The number of rotatable bonds is 4. The number of pyridine rings is 1. The van der Waals surface area contributed by atoms with Crippen molar-refractivity contribution < 1.29 is 0 Å². The van der Waals surface area contributed by atoms with Crippen molar-refractivity contribution in [3.05, 3.63) is 23.5 Å². The summed E-state index contributed by atoms with van der Waals surface area (Å²) in [4.78, 5) is 3.97. The van der Waals surface area contributed by atoms with Crippen molar-refractivity contribution in [3.63, 3.8) is 0 Å². The third kappa shape index (κ3) is 2.40. The van der Waals surface area contributed by atoms with Gasteiger partial charge in [0.05, 0.1) is 10.7 Å². The summed E-state index contributed by atoms with van der Waals surface area (Å²) in [5.74, 6) is 0. The molecule has 1 fully saturated rings. The van der Waals surface area contributed by atoms with Crippen LogP contribution in [0.2, 0.25) is 5.02 Å². The molecule has 0 bridgehead atoms. The van der Waals surface area contributed by atoms with Crippen LogP contribution in [0.5, 0.6) is 0 Å². The van der Waals surface area contributed by atoms with Crippen LogP contribution in [0.4, 0.5) is 5.69 Å². The lowest BCUT2D eigenvalue weighted by Gasteiger charge is -2.40. The molecule has 0 radical (unpaired) electrons. The molecule has 2 nitrogen and oxygen atoms in total. The highest BCUT2D eigenvalue weighted by Gasteiger charge is 2.35. The van der Waals surface area contributed by atoms with Crippen molar-refractivity contribution in [1.29, 1.82) is 0 Å². The van der Waals surface area contributed by atoms with Gasteiger partial charge in [0, 0.05) is 23.7 Å². The fraction of sp³-hybridized carbons (Fsp3) is 0.545. The van der Waals surface area contributed by atoms with Crippen LogP contribution in [0.3, 0.4) is 0 Å². The van der Waals surface area contributed by atoms with E-state index in [1.54, 1.807) is 12.4 Å². The van der Waals surface area contributed by atoms with Crippen molar-refractivity contribution in [1.82, 2.24) is 4.98 Å². The largest absolute Gasteiger partial charge is 0.382 e. The number of hydrogen-bond acceptors (Lipinski definition) is 3. The van der Waals surface area contributed by atoms with E-state index in [1.807, 2.05) is 17.8 Å². The Hall–Kier alpha value is -0.410. The SMILES string of the molecule is CSC1(CNc2ccncc2Cl)CCC1. The monoisotopic (exact) mass is 242 g/mol. The maximum Gasteiger partial charge on any atom is 0.0820 e. The molecule has 0 spiro atoms. The van der Waals surface area contributed by atoms with Crippen LogP contribution in [-0.2, 0) is 0 Å². The van der Waals surface area contributed by atoms with E-state index < -0.39 is 0 Å². The van der Waals surface area contributed by atoms with E-state index in [2.05, 4.69) is 16.6 Å². The number of aromatic nitrogens is 1. The molecule has 1 saturated carbocycles. The van der Waals surface area contributed by atoms with Crippen molar-refractivity contribution in [2.45, 2.75) is 24.0 Å². The van der Waals surface area contributed by atoms with E-state index in [4.69, 9.17) is 11.6 Å². The molecule has 0 unspecified atom stereocenters. The third-order valence-electron chi connectivity index (χ3n) is 3.07. The number of halogens is 1. The van der Waals surface area contributed by atoms with Gasteiger partial charge < -0.3 is 5.32 Å². The molecule has 0 atom stereocenters. The average Bonchev–Trinajstić information content (AvgIpc) is 2.19. The Labute approximate surface area is 99.8 Å². The maximum atomic E-state index is 6.03. The predicted molar refractivity (Wildman–Crippen MR) is 67.8 cm³/mol. The summed E-state index contributed by atoms with van der Waals surface area (Å²) >= 11 is 7.99. The first-order valence-electron chi connectivity index (χ1n) is 5.14. The minimum atomic E-state index is 0.437. The van der Waals surface area contributed by atoms with Crippen LogP contribution >= 0.6 is 23.4 Å². The molecule has 1 N–H and O–H groups in total. The molecule has 1 aliphatic rings. The Morgan fingerprint density at radius 3 is 2.93 bits per heavy atom. The van der Waals surface area contributed by atoms with E-state index in [9.17, 15) is 0 Å². The minimum Gasteiger partial charge on any atom is -0.382 e. The normalized spacial score (nSPS) is 18.3. The van der Waals surface area contributed by atoms with Crippen molar-refractivity contribution in [2.75, 3.05) is 18.1 Å². The van der Waals surface area contributed by atoms with Crippen molar-refractivity contribution in [3.8, 4) is 0 Å². The summed E-state index contributed by atoms with van der Waals surface area (Å²) < 4.78 is 0.437. The molecule has 1 aromatic rings. The summed E-state index contributed by atoms with van der Waals surface area (Å²) in [5, 5.41) is 4.12. The molecule has 0 amide bonds. The van der Waals surface area contributed by atoms with E-state index in [0.29, 0.717) is 9.77 Å². The minimum absolute atomic E-state index is 0.437. The second kappa shape index (κ2) is 4.62. The lowest BCUT2D eigenvalue weighted by Crippen LogP contribution is -2.40. The van der Waals surface area contributed by atoms with Gasteiger partial charge in [0.25, 0.3) is 0 Å². The van der Waals surface area contributed by atoms with Gasteiger partial charge in [0.2, 0.25) is 0 Å². The Morgan fingerprint density at radius 2 is 2.40 bits per heavy atom. The van der Waals surface area contributed by atoms with Crippen LogP contribution in [0.15, 0.2) is 18.5 Å². The zero-order valence-electron chi connectivity index (χ0n) is 8.79. The first-order valence-corrected chi connectivity index (χ1v) is 6.75. The highest BCUT2D eigenvalue weighted by atomic mass is 35.5. The van der Waals surface area contributed by atoms with Gasteiger partial charge in [-0.05, 0) is 25.2 Å². The molecule has 0 aliphatic heterocycles. The zero-order chi connectivity index (χ0) is 10.7. The quantitative estimate of drug-likeness (QED) is 0.876. The number of hydrogen-bond donors (Lipinski definition) is 1. The van der Waals surface area contributed by atoms with Gasteiger partial charge in [-0.1, -0.05) is 18.0 Å². The summed E-state index contributed by atoms with van der Waals surface area (Å²) in [6, 6.07) is 1.93. The summed E-state index contributed by atoms with van der Waals surface area (Å²) in [6.45, 7) is 0.998. The molecule has 1 aromatic heterocycles. The molecule has 0 aromatic carbocycles. The van der Waals surface area contributed by atoms with Crippen molar-refractivity contribution >= 4 is 29.1 Å². The van der Waals surface area contributed by atoms with Gasteiger partial charge in [-0.2, -0.15) is 11.8 Å². The van der Waals surface area contributed by atoms with Gasteiger partial charge in [-0.15, -0.1) is 0 Å². The smallest absolute Gasteiger partial charge is 0.0820 e. The van der Waals surface area contributed by atoms with Crippen LogP contribution < -0.4 is 5.32 Å². The fourth-order valence-corrected chi connectivity index (χ4v) is 2.90. The second-order valence-corrected chi connectivity index (χ2v) is 5.63. The average molecular weight is 243 g/mol. The third-order valence-corrected chi connectivity index (χ3v) is 4.79. The first kappa shape index (κ1) is 11.1. The highest BCUT2D eigenvalue weighted by molar-refractivity contribution is 8.00. The van der Waals surface area contributed by atoms with Crippen LogP contribution in [0.25, 0.3) is 0 Å². The van der Waals surface area contributed by atoms with Gasteiger partial charge in [-0.3, -0.25) is 4.98 Å². The van der Waals surface area contributed by atoms with Crippen LogP contribution in [0.1, 0.15) is 19.3 Å². The van der Waals surface area contributed by atoms with Crippen LogP contribution in [-0.4, -0.2) is 22.5 Å². The van der Waals surface area contributed by atoms with E-state index in [-0.39, 0.29) is 0 Å². The number of thioether (sulfide) groups is 1. The van der Waals surface area contributed by atoms with Gasteiger partial charge in [0.1, 0.15) is 0 Å². The first-order chi connectivity index (χ1) is 7.26. The van der Waals surface area contributed by atoms with Gasteiger partial charge in [0.15, 0.2) is 0 Å². The Morgan fingerprint density at radius 1 is 1.60 bits per heavy atom. The predicted octanol–water partition coefficient (Wildman–Crippen LogP) is 3.43. The van der Waals surface area contributed by atoms with Crippen molar-refractivity contribution in [2.24, 2.45) is 0 Å². The van der Waals surface area contributed by atoms with Gasteiger partial charge in [-0.25, -0.2) is 0 Å². The maximum absolute atomic E-state index is 6.03. The fourth-order valence-electron chi connectivity index (χ4n) is 1.80. The van der Waals surface area contributed by atoms with Gasteiger partial charge >= 0.3 is 0 Å². The summed E-state index contributed by atoms with van der Waals surface area (Å²) in [5.41, 5.74) is 0.993. The molecule has 4 heteroatoms. The molecule has 2 rings (SSSR count). The lowest BCUT2D eigenvalue weighted by atomic mass is 9.84. The van der Waals surface area contributed by atoms with E-state index in [0.717, 1.165) is 12.2 Å². The zero-order valence-corrected chi connectivity index (χ0v) is 10.4. The summed E-state index contributed by atoms with van der Waals surface area (Å²) in [7, 11) is 0. The van der Waals surface area contributed by atoms with Crippen LogP contribution in [0, 0.1) is 0 Å². The molecular formula is C11H15ClN2S. The summed E-state index contributed by atoms with van der Waals surface area (Å²) in [6.07, 6.45) is 9.60. The lowest BCUT2D eigenvalue weighted by molar-refractivity contribution is 0.380. The second-order valence-electron chi connectivity index (χ2n) is 3.95. The standard InChI is InChI=1S/C11H15ClN2S/c1-15-11(4-2-5-11)8-14-10-3-6-13-7-9(10)12/h3,6-7H,2,4-5,8H2,1H3,(H,13,14). The molecule has 1 heterocycles. The van der Waals surface area contributed by atoms with E-state index in [1.165, 1.54) is 19.3 Å². The Bertz CT molecular complexity index is 334. The molecular weight excluding hydrogens is 228 g/mol. The van der Waals surface area contributed by atoms with E-state index >= 15 is 0 Å². The molecule has 15 heavy (non-hydrogen) atoms.